The Bertz CT molecular complexity index is 732. The third-order valence-corrected chi connectivity index (χ3v) is 3.87. The summed E-state index contributed by atoms with van der Waals surface area (Å²) in [6.45, 7) is 1.99. The fourth-order valence-electron chi connectivity index (χ4n) is 2.18. The molecule has 0 bridgehead atoms. The number of carbonyl (C=O) groups excluding carboxylic acids is 1. The average molecular weight is 384 g/mol. The Balaban J connectivity index is 1.95. The zero-order chi connectivity index (χ0) is 18.4. The number of rotatable bonds is 7. The van der Waals surface area contributed by atoms with Crippen molar-refractivity contribution >= 4 is 29.1 Å². The Morgan fingerprint density at radius 1 is 1.04 bits per heavy atom. The molecule has 0 saturated heterocycles. The predicted octanol–water partition coefficient (Wildman–Crippen LogP) is 4.09. The number of ether oxygens (including phenoxy) is 3. The summed E-state index contributed by atoms with van der Waals surface area (Å²) in [7, 11) is 3.13. The highest BCUT2D eigenvalue weighted by Gasteiger charge is 2.15. The van der Waals surface area contributed by atoms with Crippen LogP contribution in [0.5, 0.6) is 17.2 Å². The molecule has 2 aromatic carbocycles. The molecule has 0 saturated carbocycles. The first-order chi connectivity index (χ1) is 11.9. The first-order valence-corrected chi connectivity index (χ1v) is 8.30. The highest BCUT2D eigenvalue weighted by molar-refractivity contribution is 6.34. The van der Waals surface area contributed by atoms with Gasteiger partial charge in [-0.3, -0.25) is 4.79 Å². The molecule has 7 heteroatoms. The van der Waals surface area contributed by atoms with Gasteiger partial charge >= 0.3 is 0 Å². The minimum atomic E-state index is -0.699. The van der Waals surface area contributed by atoms with E-state index in [4.69, 9.17) is 37.4 Å². The average Bonchev–Trinajstić information content (AvgIpc) is 2.58. The number of halogens is 2. The van der Waals surface area contributed by atoms with E-state index in [1.54, 1.807) is 51.5 Å². The summed E-state index contributed by atoms with van der Waals surface area (Å²) in [5, 5.41) is 3.70. The number of hydrogen-bond donors (Lipinski definition) is 1. The van der Waals surface area contributed by atoms with Gasteiger partial charge in [-0.15, -0.1) is 0 Å². The van der Waals surface area contributed by atoms with E-state index in [2.05, 4.69) is 5.32 Å². The maximum absolute atomic E-state index is 12.2. The Labute approximate surface area is 156 Å². The van der Waals surface area contributed by atoms with Gasteiger partial charge in [-0.1, -0.05) is 29.3 Å². The van der Waals surface area contributed by atoms with Crippen molar-refractivity contribution in [3.8, 4) is 17.2 Å². The summed E-state index contributed by atoms with van der Waals surface area (Å²) in [4.78, 5) is 12.2. The molecular formula is C18H19Cl2NO4. The summed E-state index contributed by atoms with van der Waals surface area (Å²) < 4.78 is 16.0. The lowest BCUT2D eigenvalue weighted by atomic mass is 10.2. The van der Waals surface area contributed by atoms with E-state index < -0.39 is 6.10 Å². The van der Waals surface area contributed by atoms with Gasteiger partial charge in [0.15, 0.2) is 17.6 Å². The monoisotopic (exact) mass is 383 g/mol. The molecule has 2 aromatic rings. The summed E-state index contributed by atoms with van der Waals surface area (Å²) >= 11 is 11.8. The molecule has 0 aliphatic carbocycles. The van der Waals surface area contributed by atoms with Gasteiger partial charge < -0.3 is 19.5 Å². The molecule has 1 atom stereocenters. The standard InChI is InChI=1S/C18H19Cl2NO4/c1-11(25-15-8-13(19)7-14(20)9-15)18(22)21-10-12-4-5-16(23-2)17(6-12)24-3/h4-9,11H,10H2,1-3H3,(H,21,22)/t11-/m1/s1. The molecule has 0 spiro atoms. The minimum absolute atomic E-state index is 0.258. The Hall–Kier alpha value is -2.11. The van der Waals surface area contributed by atoms with Crippen molar-refractivity contribution in [3.63, 3.8) is 0 Å². The largest absolute Gasteiger partial charge is 0.493 e. The smallest absolute Gasteiger partial charge is 0.261 e. The van der Waals surface area contributed by atoms with Crippen LogP contribution in [0.1, 0.15) is 12.5 Å². The SMILES string of the molecule is COc1ccc(CNC(=O)[C@@H](C)Oc2cc(Cl)cc(Cl)c2)cc1OC. The molecule has 1 N–H and O–H groups in total. The van der Waals surface area contributed by atoms with Crippen LogP contribution in [0.4, 0.5) is 0 Å². The van der Waals surface area contributed by atoms with Gasteiger partial charge in [0.05, 0.1) is 14.2 Å². The number of carbonyl (C=O) groups is 1. The molecule has 0 aliphatic heterocycles. The summed E-state index contributed by atoms with van der Waals surface area (Å²) in [5.74, 6) is 1.41. The lowest BCUT2D eigenvalue weighted by Gasteiger charge is -2.16. The molecule has 2 rings (SSSR count). The van der Waals surface area contributed by atoms with Crippen LogP contribution in [0.25, 0.3) is 0 Å². The second-order valence-corrected chi connectivity index (χ2v) is 6.15. The first kappa shape index (κ1) is 19.2. The molecule has 134 valence electrons. The predicted molar refractivity (Wildman–Crippen MR) is 97.9 cm³/mol. The lowest BCUT2D eigenvalue weighted by molar-refractivity contribution is -0.127. The molecule has 0 aliphatic rings. The van der Waals surface area contributed by atoms with E-state index in [-0.39, 0.29) is 5.91 Å². The van der Waals surface area contributed by atoms with Gasteiger partial charge in [0, 0.05) is 16.6 Å². The molecular weight excluding hydrogens is 365 g/mol. The van der Waals surface area contributed by atoms with Crippen LogP contribution in [0.3, 0.4) is 0 Å². The van der Waals surface area contributed by atoms with Crippen LogP contribution < -0.4 is 19.5 Å². The van der Waals surface area contributed by atoms with Crippen molar-refractivity contribution in [3.05, 3.63) is 52.0 Å². The molecule has 25 heavy (non-hydrogen) atoms. The fourth-order valence-corrected chi connectivity index (χ4v) is 2.68. The van der Waals surface area contributed by atoms with Crippen LogP contribution in [0, 0.1) is 0 Å². The highest BCUT2D eigenvalue weighted by Crippen LogP contribution is 2.27. The van der Waals surface area contributed by atoms with Crippen molar-refractivity contribution in [2.24, 2.45) is 0 Å². The quantitative estimate of drug-likeness (QED) is 0.781. The Morgan fingerprint density at radius 3 is 2.28 bits per heavy atom. The van der Waals surface area contributed by atoms with Crippen LogP contribution in [0.2, 0.25) is 10.0 Å². The maximum Gasteiger partial charge on any atom is 0.261 e. The van der Waals surface area contributed by atoms with Crippen LogP contribution in [0.15, 0.2) is 36.4 Å². The Kier molecular flexibility index (Phi) is 6.79. The van der Waals surface area contributed by atoms with E-state index in [0.29, 0.717) is 33.8 Å². The third-order valence-electron chi connectivity index (χ3n) is 3.43. The van der Waals surface area contributed by atoms with Crippen molar-refractivity contribution in [1.29, 1.82) is 0 Å². The van der Waals surface area contributed by atoms with Crippen molar-refractivity contribution in [2.75, 3.05) is 14.2 Å². The number of amides is 1. The van der Waals surface area contributed by atoms with Gasteiger partial charge in [-0.05, 0) is 42.8 Å². The van der Waals surface area contributed by atoms with Gasteiger partial charge in [-0.2, -0.15) is 0 Å². The minimum Gasteiger partial charge on any atom is -0.493 e. The topological polar surface area (TPSA) is 56.8 Å². The normalized spacial score (nSPS) is 11.6. The highest BCUT2D eigenvalue weighted by atomic mass is 35.5. The van der Waals surface area contributed by atoms with Crippen molar-refractivity contribution < 1.29 is 19.0 Å². The number of nitrogens with one attached hydrogen (secondary N) is 1. The third kappa shape index (κ3) is 5.44. The zero-order valence-corrected chi connectivity index (χ0v) is 15.6. The summed E-state index contributed by atoms with van der Waals surface area (Å²) in [5.41, 5.74) is 0.879. The van der Waals surface area contributed by atoms with Crippen LogP contribution >= 0.6 is 23.2 Å². The number of methoxy groups -OCH3 is 2. The molecule has 0 aromatic heterocycles. The summed E-state index contributed by atoms with van der Waals surface area (Å²) in [6, 6.07) is 10.2. The van der Waals surface area contributed by atoms with E-state index in [1.165, 1.54) is 0 Å². The first-order valence-electron chi connectivity index (χ1n) is 7.54. The Morgan fingerprint density at radius 2 is 1.68 bits per heavy atom. The van der Waals surface area contributed by atoms with Crippen molar-refractivity contribution in [1.82, 2.24) is 5.32 Å². The molecule has 0 unspecified atom stereocenters. The molecule has 0 radical (unpaired) electrons. The second-order valence-electron chi connectivity index (χ2n) is 5.27. The summed E-state index contributed by atoms with van der Waals surface area (Å²) in [6.07, 6.45) is -0.699. The molecule has 1 amide bonds. The lowest BCUT2D eigenvalue weighted by Crippen LogP contribution is -2.35. The van der Waals surface area contributed by atoms with E-state index >= 15 is 0 Å². The van der Waals surface area contributed by atoms with Gasteiger partial charge in [0.2, 0.25) is 0 Å². The van der Waals surface area contributed by atoms with E-state index in [9.17, 15) is 4.79 Å². The van der Waals surface area contributed by atoms with Crippen LogP contribution in [-0.2, 0) is 11.3 Å². The van der Waals surface area contributed by atoms with Crippen LogP contribution in [-0.4, -0.2) is 26.2 Å². The van der Waals surface area contributed by atoms with Gasteiger partial charge in [-0.25, -0.2) is 0 Å². The second kappa shape index (κ2) is 8.83. The fraction of sp³-hybridized carbons (Fsp3) is 0.278. The molecule has 5 nitrogen and oxygen atoms in total. The number of benzene rings is 2. The zero-order valence-electron chi connectivity index (χ0n) is 14.1. The van der Waals surface area contributed by atoms with Gasteiger partial charge in [0.1, 0.15) is 5.75 Å². The van der Waals surface area contributed by atoms with Gasteiger partial charge in [0.25, 0.3) is 5.91 Å². The maximum atomic E-state index is 12.2. The molecule has 0 heterocycles. The molecule has 0 fully saturated rings. The number of hydrogen-bond acceptors (Lipinski definition) is 4. The van der Waals surface area contributed by atoms with Crippen molar-refractivity contribution in [2.45, 2.75) is 19.6 Å². The van der Waals surface area contributed by atoms with E-state index in [0.717, 1.165) is 5.56 Å². The van der Waals surface area contributed by atoms with E-state index in [1.807, 2.05) is 6.07 Å².